The largest absolute Gasteiger partial charge is 0.394 e. The average Bonchev–Trinajstić information content (AvgIpc) is 3.51. The quantitative estimate of drug-likeness (QED) is 0.0236. The van der Waals surface area contributed by atoms with Crippen LogP contribution in [0.25, 0.3) is 0 Å². The monoisotopic (exact) mass is 1160 g/mol. The number of carbonyl (C=O) groups excluding carboxylic acids is 1. The number of unbranched alkanes of at least 4 members (excludes halogenated alkanes) is 24. The summed E-state index contributed by atoms with van der Waals surface area (Å²) in [6, 6.07) is -0.975. The van der Waals surface area contributed by atoms with Gasteiger partial charge in [-0.05, 0) is 57.8 Å². The Morgan fingerprint density at radius 2 is 0.815 bits per heavy atom. The van der Waals surface area contributed by atoms with Gasteiger partial charge in [0.05, 0.1) is 38.6 Å². The van der Waals surface area contributed by atoms with Gasteiger partial charge in [0.1, 0.15) is 73.2 Å². The van der Waals surface area contributed by atoms with E-state index >= 15 is 0 Å². The summed E-state index contributed by atoms with van der Waals surface area (Å²) in [6.45, 7) is 1.68. The van der Waals surface area contributed by atoms with Crippen molar-refractivity contribution in [2.75, 3.05) is 26.4 Å². The van der Waals surface area contributed by atoms with Gasteiger partial charge in [0.25, 0.3) is 0 Å². The molecule has 3 aliphatic heterocycles. The standard InChI is InChI=1S/C62H111NO18/c1-3-5-7-9-11-13-15-16-17-18-19-20-21-22-23-24-25-26-27-28-30-32-34-36-38-40-50(68)63-45(46(67)39-37-35-33-31-29-14-12-10-8-6-4-2)44-76-60-56(74)53(71)58(48(42-65)78-60)81-62-57(75)54(72)59(49(43-66)79-62)80-61-55(73)52(70)51(69)47(41-64)77-61/h15-16,18-19,21-22,37,39,45-49,51-62,64-67,69-75H,3-14,17,20,23-36,38,40-44H2,1-2H3,(H,63,68)/b16-15-,19-18-,22-21-,39-37+. The molecule has 81 heavy (non-hydrogen) atoms. The zero-order chi connectivity index (χ0) is 59.0. The SMILES string of the molecule is CCCCCCC/C=C\C/C=C\C/C=C\CCCCCCCCCCCCC(=O)NC(COC1OC(CO)C(OC2OC(CO)C(OC3OC(CO)C(O)C(O)C3O)C(O)C2O)C(O)C1O)C(O)/C=C/CCCCCCCCCCC. The van der Waals surface area contributed by atoms with Gasteiger partial charge < -0.3 is 89.9 Å². The number of nitrogens with one attached hydrogen (secondary N) is 1. The minimum atomic E-state index is -1.98. The molecule has 0 aromatic heterocycles. The third-order valence-electron chi connectivity index (χ3n) is 15.6. The average molecular weight is 1160 g/mol. The zero-order valence-electron chi connectivity index (χ0n) is 49.3. The molecule has 0 radical (unpaired) electrons. The first-order valence-corrected chi connectivity index (χ1v) is 31.4. The molecule has 3 fully saturated rings. The Labute approximate surface area is 484 Å². The lowest BCUT2D eigenvalue weighted by Gasteiger charge is -2.48. The van der Waals surface area contributed by atoms with Crippen molar-refractivity contribution in [1.29, 1.82) is 0 Å². The predicted molar refractivity (Wildman–Crippen MR) is 309 cm³/mol. The van der Waals surface area contributed by atoms with Crippen LogP contribution in [0.15, 0.2) is 48.6 Å². The number of aliphatic hydroxyl groups is 11. The Hall–Kier alpha value is -2.25. The molecule has 0 aromatic rings. The highest BCUT2D eigenvalue weighted by Crippen LogP contribution is 2.33. The van der Waals surface area contributed by atoms with E-state index in [4.69, 9.17) is 28.4 Å². The highest BCUT2D eigenvalue weighted by atomic mass is 16.8. The molecule has 0 aliphatic carbocycles. The van der Waals surface area contributed by atoms with Crippen molar-refractivity contribution in [3.8, 4) is 0 Å². The topological polar surface area (TPSA) is 307 Å². The zero-order valence-corrected chi connectivity index (χ0v) is 49.3. The second-order valence-electron chi connectivity index (χ2n) is 22.5. The number of amides is 1. The van der Waals surface area contributed by atoms with Crippen molar-refractivity contribution >= 4 is 5.91 Å². The Balaban J connectivity index is 1.44. The van der Waals surface area contributed by atoms with E-state index in [1.807, 2.05) is 6.08 Å². The summed E-state index contributed by atoms with van der Waals surface area (Å²) < 4.78 is 34.2. The number of ether oxygens (including phenoxy) is 6. The van der Waals surface area contributed by atoms with Crippen LogP contribution in [0.5, 0.6) is 0 Å². The minimum absolute atomic E-state index is 0.237. The van der Waals surface area contributed by atoms with Gasteiger partial charge in [-0.3, -0.25) is 4.79 Å². The number of aliphatic hydroxyl groups excluding tert-OH is 11. The van der Waals surface area contributed by atoms with Crippen LogP contribution in [-0.2, 0) is 33.2 Å². The lowest BCUT2D eigenvalue weighted by Crippen LogP contribution is -2.66. The van der Waals surface area contributed by atoms with E-state index in [1.165, 1.54) is 109 Å². The molecule has 0 aromatic carbocycles. The van der Waals surface area contributed by atoms with Gasteiger partial charge in [-0.25, -0.2) is 0 Å². The van der Waals surface area contributed by atoms with Crippen LogP contribution in [0.4, 0.5) is 0 Å². The van der Waals surface area contributed by atoms with Crippen LogP contribution in [-0.4, -0.2) is 193 Å². The number of carbonyl (C=O) groups is 1. The first-order chi connectivity index (χ1) is 39.3. The van der Waals surface area contributed by atoms with Crippen LogP contribution in [0.3, 0.4) is 0 Å². The molecule has 19 nitrogen and oxygen atoms in total. The third-order valence-corrected chi connectivity index (χ3v) is 15.6. The van der Waals surface area contributed by atoms with Crippen LogP contribution >= 0.6 is 0 Å². The van der Waals surface area contributed by atoms with E-state index in [0.29, 0.717) is 6.42 Å². The second kappa shape index (κ2) is 45.1. The fraction of sp³-hybridized carbons (Fsp3) is 0.855. The van der Waals surface area contributed by atoms with Crippen molar-refractivity contribution in [2.45, 2.75) is 311 Å². The molecule has 3 aliphatic rings. The summed E-state index contributed by atoms with van der Waals surface area (Å²) in [5.41, 5.74) is 0. The first-order valence-electron chi connectivity index (χ1n) is 31.4. The van der Waals surface area contributed by atoms with Gasteiger partial charge >= 0.3 is 0 Å². The lowest BCUT2D eigenvalue weighted by atomic mass is 9.96. The maximum atomic E-state index is 13.3. The van der Waals surface area contributed by atoms with Crippen molar-refractivity contribution in [3.05, 3.63) is 48.6 Å². The molecule has 3 saturated heterocycles. The number of allylic oxidation sites excluding steroid dienone is 7. The van der Waals surface area contributed by atoms with Crippen molar-refractivity contribution in [3.63, 3.8) is 0 Å². The highest BCUT2D eigenvalue weighted by Gasteiger charge is 2.53. The second-order valence-corrected chi connectivity index (χ2v) is 22.5. The van der Waals surface area contributed by atoms with Crippen LogP contribution < -0.4 is 5.32 Å². The molecule has 0 saturated carbocycles. The Morgan fingerprint density at radius 3 is 1.27 bits per heavy atom. The molecule has 17 atom stereocenters. The van der Waals surface area contributed by atoms with E-state index < -0.39 is 124 Å². The van der Waals surface area contributed by atoms with Gasteiger partial charge in [0, 0.05) is 6.42 Å². The van der Waals surface area contributed by atoms with E-state index in [-0.39, 0.29) is 18.9 Å². The summed E-state index contributed by atoms with van der Waals surface area (Å²) in [4.78, 5) is 13.3. The van der Waals surface area contributed by atoms with Gasteiger partial charge in [0.2, 0.25) is 5.91 Å². The normalized spacial score (nSPS) is 30.1. The highest BCUT2D eigenvalue weighted by molar-refractivity contribution is 5.76. The Bertz CT molecular complexity index is 1670. The number of hydrogen-bond acceptors (Lipinski definition) is 18. The van der Waals surface area contributed by atoms with Crippen molar-refractivity contribution < 1.29 is 89.4 Å². The summed E-state index contributed by atoms with van der Waals surface area (Å²) in [5.74, 6) is -0.283. The third kappa shape index (κ3) is 28.7. The molecule has 0 spiro atoms. The fourth-order valence-electron chi connectivity index (χ4n) is 10.4. The Morgan fingerprint density at radius 1 is 0.444 bits per heavy atom. The molecule has 3 rings (SSSR count). The van der Waals surface area contributed by atoms with Crippen molar-refractivity contribution in [1.82, 2.24) is 5.32 Å². The molecule has 17 unspecified atom stereocenters. The molecule has 472 valence electrons. The van der Waals surface area contributed by atoms with Gasteiger partial charge in [-0.1, -0.05) is 191 Å². The van der Waals surface area contributed by atoms with Gasteiger partial charge in [-0.2, -0.15) is 0 Å². The fourth-order valence-corrected chi connectivity index (χ4v) is 10.4. The first kappa shape index (κ1) is 73.0. The molecule has 3 heterocycles. The number of rotatable bonds is 46. The molecule has 19 heteroatoms. The summed E-state index contributed by atoms with van der Waals surface area (Å²) in [6.07, 6.45) is 23.8. The molecule has 12 N–H and O–H groups in total. The van der Waals surface area contributed by atoms with Gasteiger partial charge in [-0.15, -0.1) is 0 Å². The summed E-state index contributed by atoms with van der Waals surface area (Å²) in [5, 5.41) is 120. The Kier molecular flexibility index (Phi) is 40.7. The summed E-state index contributed by atoms with van der Waals surface area (Å²) >= 11 is 0. The van der Waals surface area contributed by atoms with E-state index in [0.717, 1.165) is 70.6 Å². The van der Waals surface area contributed by atoms with Crippen LogP contribution in [0.2, 0.25) is 0 Å². The molecular formula is C62H111NO18. The molecular weight excluding hydrogens is 1050 g/mol. The van der Waals surface area contributed by atoms with Crippen LogP contribution in [0, 0.1) is 0 Å². The smallest absolute Gasteiger partial charge is 0.220 e. The molecule has 0 bridgehead atoms. The van der Waals surface area contributed by atoms with E-state index in [9.17, 15) is 61.0 Å². The van der Waals surface area contributed by atoms with E-state index in [2.05, 4.69) is 55.6 Å². The van der Waals surface area contributed by atoms with Crippen LogP contribution in [0.1, 0.15) is 206 Å². The van der Waals surface area contributed by atoms with Crippen molar-refractivity contribution in [2.24, 2.45) is 0 Å². The van der Waals surface area contributed by atoms with Gasteiger partial charge in [0.15, 0.2) is 18.9 Å². The maximum Gasteiger partial charge on any atom is 0.220 e. The summed E-state index contributed by atoms with van der Waals surface area (Å²) in [7, 11) is 0. The minimum Gasteiger partial charge on any atom is -0.394 e. The molecule has 1 amide bonds. The predicted octanol–water partition coefficient (Wildman–Crippen LogP) is 6.26. The lowest BCUT2D eigenvalue weighted by molar-refractivity contribution is -0.379. The maximum absolute atomic E-state index is 13.3. The number of hydrogen-bond donors (Lipinski definition) is 12. The van der Waals surface area contributed by atoms with E-state index in [1.54, 1.807) is 6.08 Å².